The Morgan fingerprint density at radius 3 is 2.36 bits per heavy atom. The van der Waals surface area contributed by atoms with Gasteiger partial charge in [0.25, 0.3) is 0 Å². The lowest BCUT2D eigenvalue weighted by molar-refractivity contribution is -0.121. The van der Waals surface area contributed by atoms with Gasteiger partial charge < -0.3 is 19.9 Å². The molecule has 8 nitrogen and oxygen atoms in total. The molecule has 0 spiro atoms. The fraction of sp³-hybridized carbons (Fsp3) is 0.632. The van der Waals surface area contributed by atoms with Crippen molar-refractivity contribution in [2.45, 2.75) is 19.4 Å². The lowest BCUT2D eigenvalue weighted by atomic mass is 10.2. The number of benzene rings is 1. The predicted molar refractivity (Wildman–Crippen MR) is 111 cm³/mol. The molecule has 0 radical (unpaired) electrons. The second-order valence-electron chi connectivity index (χ2n) is 7.22. The third-order valence-electron chi connectivity index (χ3n) is 4.96. The number of nitrogens with one attached hydrogen (secondary N) is 1. The summed E-state index contributed by atoms with van der Waals surface area (Å²) in [6.07, 6.45) is 1.94. The zero-order valence-corrected chi connectivity index (χ0v) is 18.0. The van der Waals surface area contributed by atoms with Gasteiger partial charge in [-0.1, -0.05) is 0 Å². The fourth-order valence-corrected chi connectivity index (χ4v) is 4.45. The van der Waals surface area contributed by atoms with E-state index in [0.717, 1.165) is 49.7 Å². The number of ether oxygens (including phenoxy) is 1. The summed E-state index contributed by atoms with van der Waals surface area (Å²) in [6, 6.07) is 5.78. The Balaban J connectivity index is 1.90. The maximum absolute atomic E-state index is 12.6. The normalized spacial score (nSPS) is 17.1. The molecule has 1 heterocycles. The minimum Gasteiger partial charge on any atom is -0.497 e. The minimum absolute atomic E-state index is 0.306. The molecule has 1 aromatic rings. The van der Waals surface area contributed by atoms with Gasteiger partial charge in [-0.15, -0.1) is 0 Å². The number of carbonyl (C=O) groups is 1. The number of hydrogen-bond acceptors (Lipinski definition) is 6. The van der Waals surface area contributed by atoms with Crippen LogP contribution in [0.25, 0.3) is 0 Å². The van der Waals surface area contributed by atoms with Crippen LogP contribution in [-0.2, 0) is 14.8 Å². The number of anilines is 1. The Morgan fingerprint density at radius 1 is 1.21 bits per heavy atom. The maximum atomic E-state index is 12.6. The van der Waals surface area contributed by atoms with Crippen molar-refractivity contribution in [2.24, 2.45) is 0 Å². The summed E-state index contributed by atoms with van der Waals surface area (Å²) in [5.74, 6) is 0.317. The number of likely N-dealkylation sites (N-methyl/N-ethyl adjacent to an activating group) is 1. The number of carbonyl (C=O) groups excluding carboxylic acids is 1. The van der Waals surface area contributed by atoms with E-state index in [1.54, 1.807) is 38.3 Å². The largest absolute Gasteiger partial charge is 0.497 e. The van der Waals surface area contributed by atoms with Crippen LogP contribution < -0.4 is 14.4 Å². The van der Waals surface area contributed by atoms with E-state index >= 15 is 0 Å². The van der Waals surface area contributed by atoms with E-state index in [-0.39, 0.29) is 5.91 Å². The van der Waals surface area contributed by atoms with Crippen LogP contribution in [0.15, 0.2) is 24.3 Å². The number of nitrogens with zero attached hydrogens (tertiary/aromatic N) is 3. The zero-order valence-electron chi connectivity index (χ0n) is 17.2. The lowest BCUT2D eigenvalue weighted by Crippen LogP contribution is -2.48. The van der Waals surface area contributed by atoms with E-state index in [0.29, 0.717) is 18.0 Å². The lowest BCUT2D eigenvalue weighted by Gasteiger charge is -2.32. The van der Waals surface area contributed by atoms with E-state index in [9.17, 15) is 13.2 Å². The molecule has 1 aliphatic heterocycles. The Bertz CT molecular complexity index is 731. The van der Waals surface area contributed by atoms with Gasteiger partial charge in [0.05, 0.1) is 19.1 Å². The first-order chi connectivity index (χ1) is 13.2. The summed E-state index contributed by atoms with van der Waals surface area (Å²) in [5, 5.41) is 2.87. The first kappa shape index (κ1) is 22.4. The highest BCUT2D eigenvalue weighted by Crippen LogP contribution is 2.23. The highest BCUT2D eigenvalue weighted by Gasteiger charge is 2.29. The maximum Gasteiger partial charge on any atom is 0.243 e. The predicted octanol–water partition coefficient (Wildman–Crippen LogP) is 0.603. The average Bonchev–Trinajstić information content (AvgIpc) is 2.66. The third kappa shape index (κ3) is 6.35. The molecule has 28 heavy (non-hydrogen) atoms. The molecular weight excluding hydrogens is 380 g/mol. The standard InChI is InChI=1S/C19H32N4O4S/c1-16(19(24)20-10-5-11-22-14-12-21(2)13-15-22)23(28(4,25)26)17-6-8-18(27-3)9-7-17/h6-9,16H,5,10-15H2,1-4H3,(H,20,24). The number of piperazine rings is 1. The molecule has 1 saturated heterocycles. The molecule has 0 aliphatic carbocycles. The summed E-state index contributed by atoms with van der Waals surface area (Å²) in [5.41, 5.74) is 0.434. The van der Waals surface area contributed by atoms with Crippen molar-refractivity contribution >= 4 is 21.6 Å². The summed E-state index contributed by atoms with van der Waals surface area (Å²) in [6.45, 7) is 7.26. The molecule has 0 aromatic heterocycles. The monoisotopic (exact) mass is 412 g/mol. The van der Waals surface area contributed by atoms with Gasteiger partial charge in [0, 0.05) is 32.7 Å². The molecule has 9 heteroatoms. The average molecular weight is 413 g/mol. The number of rotatable bonds is 9. The van der Waals surface area contributed by atoms with Crippen LogP contribution in [0.2, 0.25) is 0 Å². The van der Waals surface area contributed by atoms with Crippen molar-refractivity contribution in [1.29, 1.82) is 0 Å². The topological polar surface area (TPSA) is 82.2 Å². The highest BCUT2D eigenvalue weighted by molar-refractivity contribution is 7.92. The summed E-state index contributed by atoms with van der Waals surface area (Å²) in [4.78, 5) is 17.2. The van der Waals surface area contributed by atoms with E-state index in [2.05, 4.69) is 22.2 Å². The van der Waals surface area contributed by atoms with Gasteiger partial charge >= 0.3 is 0 Å². The molecular formula is C19H32N4O4S. The molecule has 2 rings (SSSR count). The molecule has 1 amide bonds. The molecule has 1 N–H and O–H groups in total. The van der Waals surface area contributed by atoms with Crippen molar-refractivity contribution < 1.29 is 17.9 Å². The summed E-state index contributed by atoms with van der Waals surface area (Å²) >= 11 is 0. The van der Waals surface area contributed by atoms with E-state index < -0.39 is 16.1 Å². The Kier molecular flexibility index (Phi) is 8.09. The number of amides is 1. The van der Waals surface area contributed by atoms with Gasteiger partial charge in [0.1, 0.15) is 11.8 Å². The molecule has 1 aromatic carbocycles. The SMILES string of the molecule is COc1ccc(N(C(C)C(=O)NCCCN2CCN(C)CC2)S(C)(=O)=O)cc1. The second kappa shape index (κ2) is 10.1. The van der Waals surface area contributed by atoms with Crippen molar-refractivity contribution in [1.82, 2.24) is 15.1 Å². The number of hydrogen-bond donors (Lipinski definition) is 1. The minimum atomic E-state index is -3.62. The van der Waals surface area contributed by atoms with Crippen LogP contribution in [0.3, 0.4) is 0 Å². The van der Waals surface area contributed by atoms with Crippen LogP contribution in [0.1, 0.15) is 13.3 Å². The molecule has 1 unspecified atom stereocenters. The van der Waals surface area contributed by atoms with Crippen LogP contribution in [0.4, 0.5) is 5.69 Å². The van der Waals surface area contributed by atoms with Gasteiger partial charge in [0.2, 0.25) is 15.9 Å². The second-order valence-corrected chi connectivity index (χ2v) is 9.08. The van der Waals surface area contributed by atoms with E-state index in [4.69, 9.17) is 4.74 Å². The Labute approximate surface area is 168 Å². The van der Waals surface area contributed by atoms with Crippen LogP contribution >= 0.6 is 0 Å². The van der Waals surface area contributed by atoms with Crippen molar-refractivity contribution in [2.75, 3.05) is 64.0 Å². The zero-order chi connectivity index (χ0) is 20.7. The van der Waals surface area contributed by atoms with E-state index in [1.807, 2.05) is 0 Å². The molecule has 0 saturated carbocycles. The van der Waals surface area contributed by atoms with Crippen molar-refractivity contribution in [3.63, 3.8) is 0 Å². The van der Waals surface area contributed by atoms with Crippen molar-refractivity contribution in [3.05, 3.63) is 24.3 Å². The molecule has 1 atom stereocenters. The van der Waals surface area contributed by atoms with Gasteiger partial charge in [-0.3, -0.25) is 9.10 Å². The Hall–Kier alpha value is -1.84. The molecule has 0 bridgehead atoms. The van der Waals surface area contributed by atoms with Gasteiger partial charge in [0.15, 0.2) is 0 Å². The van der Waals surface area contributed by atoms with Crippen molar-refractivity contribution in [3.8, 4) is 5.75 Å². The van der Waals surface area contributed by atoms with Crippen LogP contribution in [0.5, 0.6) is 5.75 Å². The van der Waals surface area contributed by atoms with Gasteiger partial charge in [-0.05, 0) is 51.2 Å². The molecule has 158 valence electrons. The quantitative estimate of drug-likeness (QED) is 0.599. The summed E-state index contributed by atoms with van der Waals surface area (Å²) in [7, 11) is 0.0476. The number of sulfonamides is 1. The molecule has 1 fully saturated rings. The van der Waals surface area contributed by atoms with Crippen LogP contribution in [0, 0.1) is 0 Å². The smallest absolute Gasteiger partial charge is 0.243 e. The molecule has 1 aliphatic rings. The number of methoxy groups -OCH3 is 1. The highest BCUT2D eigenvalue weighted by atomic mass is 32.2. The summed E-state index contributed by atoms with van der Waals surface area (Å²) < 4.78 is 30.8. The van der Waals surface area contributed by atoms with Gasteiger partial charge in [-0.2, -0.15) is 0 Å². The third-order valence-corrected chi connectivity index (χ3v) is 6.20. The van der Waals surface area contributed by atoms with E-state index in [1.165, 1.54) is 0 Å². The first-order valence-electron chi connectivity index (χ1n) is 9.54. The first-order valence-corrected chi connectivity index (χ1v) is 11.4. The Morgan fingerprint density at radius 2 is 1.82 bits per heavy atom. The van der Waals surface area contributed by atoms with Crippen LogP contribution in [-0.4, -0.2) is 89.8 Å². The fourth-order valence-electron chi connectivity index (χ4n) is 3.27. The van der Waals surface area contributed by atoms with Gasteiger partial charge in [-0.25, -0.2) is 8.42 Å².